The highest BCUT2D eigenvalue weighted by atomic mass is 32.2. The molecule has 2 rings (SSSR count). The maximum atomic E-state index is 13.7. The Morgan fingerprint density at radius 3 is 1.95 bits per heavy atom. The van der Waals surface area contributed by atoms with Gasteiger partial charge in [0.2, 0.25) is 0 Å². The minimum absolute atomic E-state index is 0.148. The molecule has 116 valence electrons. The molecule has 22 heavy (non-hydrogen) atoms. The molecule has 0 unspecified atom stereocenters. The van der Waals surface area contributed by atoms with Crippen molar-refractivity contribution in [2.24, 2.45) is 0 Å². The Morgan fingerprint density at radius 1 is 1.00 bits per heavy atom. The summed E-state index contributed by atoms with van der Waals surface area (Å²) in [7, 11) is -4.88. The molecule has 0 spiro atoms. The van der Waals surface area contributed by atoms with Gasteiger partial charge in [-0.2, -0.15) is 8.42 Å². The normalized spacial score (nSPS) is 11.2. The molecule has 0 amide bonds. The van der Waals surface area contributed by atoms with Gasteiger partial charge >= 0.3 is 10.0 Å². The third-order valence-electron chi connectivity index (χ3n) is 2.59. The summed E-state index contributed by atoms with van der Waals surface area (Å²) in [4.78, 5) is 10.5. The second kappa shape index (κ2) is 5.64. The molecule has 10 heteroatoms. The molecule has 0 aliphatic heterocycles. The molecule has 0 bridgehead atoms. The van der Waals surface area contributed by atoms with Crippen LogP contribution in [-0.2, 0) is 10.0 Å². The zero-order chi connectivity index (χ0) is 16.5. The number of hydrazine groups is 1. The van der Waals surface area contributed by atoms with Crippen LogP contribution in [-0.4, -0.2) is 13.5 Å². The van der Waals surface area contributed by atoms with Crippen molar-refractivity contribution in [3.8, 4) is 0 Å². The average molecular weight is 332 g/mol. The van der Waals surface area contributed by atoms with Crippen molar-refractivity contribution >= 4 is 15.7 Å². The summed E-state index contributed by atoms with van der Waals surface area (Å²) < 4.78 is 64.0. The van der Waals surface area contributed by atoms with Crippen LogP contribution in [0, 0.1) is 27.6 Å². The Bertz CT molecular complexity index is 805. The molecule has 0 aromatic heterocycles. The molecule has 0 saturated heterocycles. The SMILES string of the molecule is O=[N+]([O-])N(c1c(F)cc(F)cc1F)S(=O)(=O)c1ccccc1. The largest absolute Gasteiger partial charge is 0.318 e. The van der Waals surface area contributed by atoms with E-state index < -0.39 is 47.5 Å². The van der Waals surface area contributed by atoms with Crippen LogP contribution < -0.4 is 4.41 Å². The van der Waals surface area contributed by atoms with E-state index in [4.69, 9.17) is 0 Å². The van der Waals surface area contributed by atoms with E-state index in [1.54, 1.807) is 0 Å². The molecule has 0 heterocycles. The number of nitrogens with zero attached hydrogens (tertiary/aromatic N) is 2. The van der Waals surface area contributed by atoms with Crippen LogP contribution in [0.5, 0.6) is 0 Å². The van der Waals surface area contributed by atoms with Gasteiger partial charge in [0.25, 0.3) is 0 Å². The van der Waals surface area contributed by atoms with Crippen molar-refractivity contribution in [2.75, 3.05) is 4.41 Å². The summed E-state index contributed by atoms with van der Waals surface area (Å²) in [6, 6.07) is 6.35. The molecule has 0 N–H and O–H groups in total. The van der Waals surface area contributed by atoms with Crippen molar-refractivity contribution < 1.29 is 26.6 Å². The third kappa shape index (κ3) is 2.72. The smallest absolute Gasteiger partial charge is 0.233 e. The standard InChI is InChI=1S/C12H7F3N2O4S/c13-8-6-10(14)12(11(15)7-8)16(17(18)19)22(20,21)9-4-2-1-3-5-9/h1-7H. The Balaban J connectivity index is 2.70. The Labute approximate surface area is 122 Å². The fourth-order valence-corrected chi connectivity index (χ4v) is 2.99. The topological polar surface area (TPSA) is 80.5 Å². The fourth-order valence-electron chi connectivity index (χ4n) is 1.70. The van der Waals surface area contributed by atoms with Crippen molar-refractivity contribution in [3.05, 3.63) is 70.0 Å². The Hall–Kier alpha value is -2.62. The lowest BCUT2D eigenvalue weighted by Gasteiger charge is -2.15. The predicted molar refractivity (Wildman–Crippen MR) is 69.4 cm³/mol. The van der Waals surface area contributed by atoms with Gasteiger partial charge in [0.1, 0.15) is 5.82 Å². The first-order chi connectivity index (χ1) is 10.2. The number of nitro groups is 1. The highest BCUT2D eigenvalue weighted by molar-refractivity contribution is 7.92. The second-order valence-corrected chi connectivity index (χ2v) is 5.78. The minimum atomic E-state index is -4.88. The van der Waals surface area contributed by atoms with Gasteiger partial charge in [-0.05, 0) is 12.1 Å². The van der Waals surface area contributed by atoms with E-state index in [9.17, 15) is 31.7 Å². The number of rotatable bonds is 4. The van der Waals surface area contributed by atoms with E-state index in [1.807, 2.05) is 0 Å². The fraction of sp³-hybridized carbons (Fsp3) is 0. The Morgan fingerprint density at radius 2 is 1.50 bits per heavy atom. The lowest BCUT2D eigenvalue weighted by atomic mass is 10.3. The summed E-state index contributed by atoms with van der Waals surface area (Å²) in [6.07, 6.45) is 0. The number of halogens is 3. The first-order valence-corrected chi connectivity index (χ1v) is 7.08. The van der Waals surface area contributed by atoms with E-state index in [0.717, 1.165) is 12.1 Å². The van der Waals surface area contributed by atoms with Gasteiger partial charge in [0.05, 0.1) is 4.90 Å². The van der Waals surface area contributed by atoms with Crippen LogP contribution in [0.25, 0.3) is 0 Å². The van der Waals surface area contributed by atoms with E-state index in [2.05, 4.69) is 0 Å². The summed E-state index contributed by atoms with van der Waals surface area (Å²) in [5.74, 6) is -4.76. The summed E-state index contributed by atoms with van der Waals surface area (Å²) >= 11 is 0. The van der Waals surface area contributed by atoms with E-state index in [-0.39, 0.29) is 12.1 Å². The molecule has 0 radical (unpaired) electrons. The maximum Gasteiger partial charge on any atom is 0.318 e. The molecule has 0 atom stereocenters. The minimum Gasteiger partial charge on any atom is -0.233 e. The summed E-state index contributed by atoms with van der Waals surface area (Å²) in [5, 5.41) is 9.54. The Kier molecular flexibility index (Phi) is 4.04. The number of benzene rings is 2. The monoisotopic (exact) mass is 332 g/mol. The van der Waals surface area contributed by atoms with Crippen LogP contribution in [0.2, 0.25) is 0 Å². The van der Waals surface area contributed by atoms with E-state index in [1.165, 1.54) is 18.2 Å². The van der Waals surface area contributed by atoms with Gasteiger partial charge < -0.3 is 0 Å². The molecule has 0 aliphatic carbocycles. The van der Waals surface area contributed by atoms with Crippen LogP contribution in [0.4, 0.5) is 18.9 Å². The number of anilines is 1. The zero-order valence-electron chi connectivity index (χ0n) is 10.6. The van der Waals surface area contributed by atoms with Gasteiger partial charge in [-0.25, -0.2) is 23.3 Å². The number of hydrogen-bond donors (Lipinski definition) is 0. The molecule has 2 aromatic carbocycles. The quantitative estimate of drug-likeness (QED) is 0.636. The van der Waals surface area contributed by atoms with Gasteiger partial charge in [-0.3, -0.25) is 0 Å². The highest BCUT2D eigenvalue weighted by Gasteiger charge is 2.39. The van der Waals surface area contributed by atoms with Crippen LogP contribution in [0.15, 0.2) is 47.4 Å². The molecular formula is C12H7F3N2O4S. The number of hydrogen-bond acceptors (Lipinski definition) is 4. The molecule has 0 aliphatic rings. The number of sulfonamides is 1. The second-order valence-electron chi connectivity index (χ2n) is 4.02. The van der Waals surface area contributed by atoms with Gasteiger partial charge in [-0.1, -0.05) is 18.2 Å². The van der Waals surface area contributed by atoms with Gasteiger partial charge in [0.15, 0.2) is 22.4 Å². The van der Waals surface area contributed by atoms with Crippen LogP contribution >= 0.6 is 0 Å². The van der Waals surface area contributed by atoms with E-state index >= 15 is 0 Å². The average Bonchev–Trinajstić information content (AvgIpc) is 2.42. The first-order valence-electron chi connectivity index (χ1n) is 5.64. The van der Waals surface area contributed by atoms with Gasteiger partial charge in [-0.15, -0.1) is 0 Å². The first kappa shape index (κ1) is 15.8. The van der Waals surface area contributed by atoms with Crippen molar-refractivity contribution in [1.29, 1.82) is 0 Å². The molecule has 6 nitrogen and oxygen atoms in total. The molecular weight excluding hydrogens is 325 g/mol. The van der Waals surface area contributed by atoms with Gasteiger partial charge in [0, 0.05) is 16.5 Å². The maximum absolute atomic E-state index is 13.7. The molecule has 0 saturated carbocycles. The lowest BCUT2D eigenvalue weighted by molar-refractivity contribution is -0.475. The molecule has 0 fully saturated rings. The van der Waals surface area contributed by atoms with Crippen molar-refractivity contribution in [1.82, 2.24) is 0 Å². The van der Waals surface area contributed by atoms with E-state index in [0.29, 0.717) is 0 Å². The zero-order valence-corrected chi connectivity index (χ0v) is 11.4. The van der Waals surface area contributed by atoms with Crippen LogP contribution in [0.3, 0.4) is 0 Å². The van der Waals surface area contributed by atoms with Crippen LogP contribution in [0.1, 0.15) is 0 Å². The predicted octanol–water partition coefficient (Wildman–Crippen LogP) is 2.49. The van der Waals surface area contributed by atoms with Crippen molar-refractivity contribution in [3.63, 3.8) is 0 Å². The third-order valence-corrected chi connectivity index (χ3v) is 4.23. The highest BCUT2D eigenvalue weighted by Crippen LogP contribution is 2.29. The van der Waals surface area contributed by atoms with Crippen molar-refractivity contribution in [2.45, 2.75) is 4.90 Å². The summed E-state index contributed by atoms with van der Waals surface area (Å²) in [5.41, 5.74) is -1.49. The lowest BCUT2D eigenvalue weighted by Crippen LogP contribution is -2.37. The summed E-state index contributed by atoms with van der Waals surface area (Å²) in [6.45, 7) is 0. The molecule has 2 aromatic rings.